The third-order valence-corrected chi connectivity index (χ3v) is 2.33. The Morgan fingerprint density at radius 3 is 2.83 bits per heavy atom. The highest BCUT2D eigenvalue weighted by Gasteiger charge is 2.17. The molecule has 1 N–H and O–H groups in total. The predicted molar refractivity (Wildman–Crippen MR) is 52.4 cm³/mol. The van der Waals surface area contributed by atoms with E-state index in [1.54, 1.807) is 0 Å². The van der Waals surface area contributed by atoms with E-state index in [2.05, 4.69) is 33.4 Å². The summed E-state index contributed by atoms with van der Waals surface area (Å²) in [6.07, 6.45) is 0. The fourth-order valence-corrected chi connectivity index (χ4v) is 1.53. The van der Waals surface area contributed by atoms with Gasteiger partial charge in [0.2, 0.25) is 0 Å². The lowest BCUT2D eigenvalue weighted by Gasteiger charge is -2.27. The van der Waals surface area contributed by atoms with Crippen molar-refractivity contribution in [1.29, 1.82) is 0 Å². The van der Waals surface area contributed by atoms with Crippen LogP contribution in [0.4, 0.5) is 5.69 Å². The Morgan fingerprint density at radius 1 is 1.42 bits per heavy atom. The van der Waals surface area contributed by atoms with Crippen LogP contribution in [0, 0.1) is 0 Å². The van der Waals surface area contributed by atoms with E-state index < -0.39 is 0 Å². The van der Waals surface area contributed by atoms with Gasteiger partial charge < -0.3 is 10.1 Å². The maximum absolute atomic E-state index is 5.06. The third kappa shape index (κ3) is 1.79. The minimum Gasteiger partial charge on any atom is -0.378 e. The molecule has 1 aromatic rings. The molecule has 12 heavy (non-hydrogen) atoms. The van der Waals surface area contributed by atoms with Gasteiger partial charge in [-0.25, -0.2) is 0 Å². The number of hydrogen-bond acceptors (Lipinski definition) is 2. The largest absolute Gasteiger partial charge is 0.378 e. The number of anilines is 1. The molecule has 1 aliphatic rings. The van der Waals surface area contributed by atoms with Crippen molar-refractivity contribution in [2.45, 2.75) is 6.04 Å². The van der Waals surface area contributed by atoms with Gasteiger partial charge >= 0.3 is 0 Å². The zero-order valence-electron chi connectivity index (χ0n) is 6.59. The van der Waals surface area contributed by atoms with Crippen LogP contribution in [-0.4, -0.2) is 19.3 Å². The summed E-state index contributed by atoms with van der Waals surface area (Å²) in [6, 6.07) is 8.66. The molecule has 0 saturated carbocycles. The number of rotatable bonds is 2. The average molecular weight is 228 g/mol. The monoisotopic (exact) mass is 227 g/mol. The van der Waals surface area contributed by atoms with Gasteiger partial charge in [0.25, 0.3) is 0 Å². The van der Waals surface area contributed by atoms with Gasteiger partial charge in [-0.1, -0.05) is 22.0 Å². The second-order valence-corrected chi connectivity index (χ2v) is 3.80. The summed E-state index contributed by atoms with van der Waals surface area (Å²) < 4.78 is 6.17. The lowest BCUT2D eigenvalue weighted by atomic mass is 10.2. The Bertz CT molecular complexity index is 273. The number of nitrogens with one attached hydrogen (secondary N) is 1. The molecule has 0 bridgehead atoms. The molecule has 1 heterocycles. The van der Waals surface area contributed by atoms with Crippen LogP contribution in [0.25, 0.3) is 0 Å². The molecule has 1 fully saturated rings. The maximum Gasteiger partial charge on any atom is 0.0728 e. The van der Waals surface area contributed by atoms with Crippen LogP contribution in [0.3, 0.4) is 0 Å². The van der Waals surface area contributed by atoms with Gasteiger partial charge in [0, 0.05) is 10.2 Å². The minimum absolute atomic E-state index is 0.499. The molecule has 3 heteroatoms. The van der Waals surface area contributed by atoms with Crippen LogP contribution in [0.15, 0.2) is 28.7 Å². The van der Waals surface area contributed by atoms with Crippen LogP contribution in [0.2, 0.25) is 0 Å². The summed E-state index contributed by atoms with van der Waals surface area (Å²) in [4.78, 5) is 0. The topological polar surface area (TPSA) is 21.3 Å². The van der Waals surface area contributed by atoms with Gasteiger partial charge in [-0.05, 0) is 18.2 Å². The zero-order valence-corrected chi connectivity index (χ0v) is 8.17. The lowest BCUT2D eigenvalue weighted by molar-refractivity contribution is 0.0211. The van der Waals surface area contributed by atoms with E-state index in [-0.39, 0.29) is 0 Å². The SMILES string of the molecule is Brc1cccc(NC2COC2)c1. The number of ether oxygens (including phenoxy) is 1. The van der Waals surface area contributed by atoms with Crippen LogP contribution in [-0.2, 0) is 4.74 Å². The summed E-state index contributed by atoms with van der Waals surface area (Å²) in [5, 5.41) is 3.36. The van der Waals surface area contributed by atoms with E-state index in [4.69, 9.17) is 4.74 Å². The van der Waals surface area contributed by atoms with Crippen LogP contribution in [0.1, 0.15) is 0 Å². The van der Waals surface area contributed by atoms with Crippen molar-refractivity contribution < 1.29 is 4.74 Å². The molecular formula is C9H10BrNO. The minimum atomic E-state index is 0.499. The molecule has 2 nitrogen and oxygen atoms in total. The van der Waals surface area contributed by atoms with E-state index in [0.29, 0.717) is 6.04 Å². The maximum atomic E-state index is 5.06. The summed E-state index contributed by atoms with van der Waals surface area (Å²) >= 11 is 3.42. The highest BCUT2D eigenvalue weighted by molar-refractivity contribution is 9.10. The average Bonchev–Trinajstić information content (AvgIpc) is 1.97. The molecule has 0 radical (unpaired) electrons. The fraction of sp³-hybridized carbons (Fsp3) is 0.333. The van der Waals surface area contributed by atoms with Crippen molar-refractivity contribution in [3.8, 4) is 0 Å². The number of hydrogen-bond donors (Lipinski definition) is 1. The van der Waals surface area contributed by atoms with Gasteiger partial charge in [-0.15, -0.1) is 0 Å². The molecule has 1 saturated heterocycles. The fourth-order valence-electron chi connectivity index (χ4n) is 1.13. The Labute approximate surface area is 80.1 Å². The molecule has 64 valence electrons. The molecular weight excluding hydrogens is 218 g/mol. The van der Waals surface area contributed by atoms with Crippen LogP contribution in [0.5, 0.6) is 0 Å². The van der Waals surface area contributed by atoms with Crippen molar-refractivity contribution in [2.24, 2.45) is 0 Å². The Balaban J connectivity index is 2.02. The molecule has 0 unspecified atom stereocenters. The first kappa shape index (κ1) is 8.08. The molecule has 0 atom stereocenters. The standard InChI is InChI=1S/C9H10BrNO/c10-7-2-1-3-8(4-7)11-9-5-12-6-9/h1-4,9,11H,5-6H2. The third-order valence-electron chi connectivity index (χ3n) is 1.83. The van der Waals surface area contributed by atoms with E-state index >= 15 is 0 Å². The van der Waals surface area contributed by atoms with Gasteiger partial charge in [-0.3, -0.25) is 0 Å². The van der Waals surface area contributed by atoms with Crippen LogP contribution >= 0.6 is 15.9 Å². The second kappa shape index (κ2) is 3.46. The highest BCUT2D eigenvalue weighted by Crippen LogP contribution is 2.17. The summed E-state index contributed by atoms with van der Waals surface area (Å²) in [5.41, 5.74) is 1.15. The van der Waals surface area contributed by atoms with Gasteiger partial charge in [0.15, 0.2) is 0 Å². The van der Waals surface area contributed by atoms with Gasteiger partial charge in [0.1, 0.15) is 0 Å². The quantitative estimate of drug-likeness (QED) is 0.838. The molecule has 0 aromatic heterocycles. The Morgan fingerprint density at radius 2 is 2.25 bits per heavy atom. The molecule has 2 rings (SSSR count). The summed E-state index contributed by atoms with van der Waals surface area (Å²) in [5.74, 6) is 0. The van der Waals surface area contributed by atoms with Crippen LogP contribution < -0.4 is 5.32 Å². The van der Waals surface area contributed by atoms with E-state index in [0.717, 1.165) is 23.4 Å². The number of halogens is 1. The molecule has 1 aromatic carbocycles. The van der Waals surface area contributed by atoms with E-state index in [1.165, 1.54) is 0 Å². The van der Waals surface area contributed by atoms with E-state index in [1.807, 2.05) is 12.1 Å². The van der Waals surface area contributed by atoms with Crippen molar-refractivity contribution in [3.05, 3.63) is 28.7 Å². The van der Waals surface area contributed by atoms with Gasteiger partial charge in [0.05, 0.1) is 19.3 Å². The first-order valence-corrected chi connectivity index (χ1v) is 4.74. The smallest absolute Gasteiger partial charge is 0.0728 e. The van der Waals surface area contributed by atoms with Crippen molar-refractivity contribution >= 4 is 21.6 Å². The summed E-state index contributed by atoms with van der Waals surface area (Å²) in [6.45, 7) is 1.65. The lowest BCUT2D eigenvalue weighted by Crippen LogP contribution is -2.40. The predicted octanol–water partition coefficient (Wildman–Crippen LogP) is 2.26. The Hall–Kier alpha value is -0.540. The first-order chi connectivity index (χ1) is 5.84. The second-order valence-electron chi connectivity index (χ2n) is 2.89. The normalized spacial score (nSPS) is 17.1. The number of benzene rings is 1. The molecule has 0 spiro atoms. The molecule has 0 amide bonds. The van der Waals surface area contributed by atoms with Crippen molar-refractivity contribution in [3.63, 3.8) is 0 Å². The summed E-state index contributed by atoms with van der Waals surface area (Å²) in [7, 11) is 0. The first-order valence-electron chi connectivity index (χ1n) is 3.94. The van der Waals surface area contributed by atoms with Crippen molar-refractivity contribution in [1.82, 2.24) is 0 Å². The zero-order chi connectivity index (χ0) is 8.39. The van der Waals surface area contributed by atoms with Gasteiger partial charge in [-0.2, -0.15) is 0 Å². The highest BCUT2D eigenvalue weighted by atomic mass is 79.9. The molecule has 0 aliphatic carbocycles. The van der Waals surface area contributed by atoms with E-state index in [9.17, 15) is 0 Å². The molecule has 1 aliphatic heterocycles. The van der Waals surface area contributed by atoms with Crippen molar-refractivity contribution in [2.75, 3.05) is 18.5 Å². The Kier molecular flexibility index (Phi) is 2.33.